The van der Waals surface area contributed by atoms with Gasteiger partial charge in [-0.25, -0.2) is 0 Å². The molecule has 1 radical (unpaired) electrons. The molecule has 0 aromatic carbocycles. The van der Waals surface area contributed by atoms with Gasteiger partial charge in [0.1, 0.15) is 0 Å². The summed E-state index contributed by atoms with van der Waals surface area (Å²) in [5, 5.41) is 0. The van der Waals surface area contributed by atoms with Crippen LogP contribution in [0, 0.1) is 0 Å². The molecule has 1 heteroatoms. The molecule has 0 bridgehead atoms. The normalized spacial score (nSPS) is 11.6. The van der Waals surface area contributed by atoms with Crippen molar-refractivity contribution in [2.75, 3.05) is 0 Å². The predicted octanol–water partition coefficient (Wildman–Crippen LogP) is 2.82. The Balaban J connectivity index is 5.06. The Morgan fingerprint density at radius 2 is 1.67 bits per heavy atom. The fraction of sp³-hybridized carbons (Fsp3) is 0.364. The molecule has 0 aromatic rings. The van der Waals surface area contributed by atoms with Crippen molar-refractivity contribution in [3.8, 4) is 0 Å². The summed E-state index contributed by atoms with van der Waals surface area (Å²) in [6, 6.07) is 0. The van der Waals surface area contributed by atoms with Gasteiger partial charge in [-0.2, -0.15) is 0 Å². The number of hydrogen-bond acceptors (Lipinski definition) is 0. The standard InChI is InChI=1S/C11H16B/c1-6-9(4)11(10(5)12)7-8(2)3/h6-7H,1H2,2-5H3/b11-9+. The molecule has 0 aliphatic rings. The van der Waals surface area contributed by atoms with Gasteiger partial charge in [0, 0.05) is 0 Å². The molecular formula is C11H16B. The molecule has 0 saturated carbocycles. The molecule has 0 saturated heterocycles. The van der Waals surface area contributed by atoms with Crippen molar-refractivity contribution in [3.63, 3.8) is 0 Å². The molecule has 0 heterocycles. The Morgan fingerprint density at radius 1 is 1.17 bits per heavy atom. The van der Waals surface area contributed by atoms with Crippen LogP contribution in [0.4, 0.5) is 0 Å². The minimum atomic E-state index is 0.841. The van der Waals surface area contributed by atoms with Crippen LogP contribution >= 0.6 is 0 Å². The van der Waals surface area contributed by atoms with Crippen molar-refractivity contribution in [3.05, 3.63) is 35.5 Å². The van der Waals surface area contributed by atoms with E-state index in [-0.39, 0.29) is 0 Å². The molecule has 0 fully saturated rings. The molecular weight excluding hydrogens is 143 g/mol. The zero-order valence-corrected chi connectivity index (χ0v) is 8.44. The summed E-state index contributed by atoms with van der Waals surface area (Å²) in [5.74, 6) is 0. The van der Waals surface area contributed by atoms with Gasteiger partial charge in [0.2, 0.25) is 0 Å². The molecule has 12 heavy (non-hydrogen) atoms. The molecule has 0 aliphatic carbocycles. The Labute approximate surface area is 76.8 Å². The van der Waals surface area contributed by atoms with E-state index in [0.717, 1.165) is 16.6 Å². The molecule has 0 rings (SSSR count). The number of hydrogen-bond donors (Lipinski definition) is 0. The average molecular weight is 159 g/mol. The van der Waals surface area contributed by atoms with E-state index in [0.29, 0.717) is 0 Å². The van der Waals surface area contributed by atoms with Gasteiger partial charge in [-0.05, 0) is 0 Å². The van der Waals surface area contributed by atoms with E-state index in [1.54, 1.807) is 0 Å². The van der Waals surface area contributed by atoms with Crippen molar-refractivity contribution in [2.45, 2.75) is 27.7 Å². The zero-order chi connectivity index (χ0) is 9.72. The van der Waals surface area contributed by atoms with E-state index in [2.05, 4.69) is 26.5 Å². The maximum atomic E-state index is 5.73. The Morgan fingerprint density at radius 3 is 1.92 bits per heavy atom. The van der Waals surface area contributed by atoms with Crippen LogP contribution in [0.25, 0.3) is 0 Å². The number of allylic oxidation sites excluding steroid dienone is 5. The summed E-state index contributed by atoms with van der Waals surface area (Å²) in [5.41, 5.74) is 4.30. The second kappa shape index (κ2) is 4.92. The van der Waals surface area contributed by atoms with Gasteiger partial charge in [0.25, 0.3) is 0 Å². The van der Waals surface area contributed by atoms with Crippen LogP contribution in [0.2, 0.25) is 0 Å². The van der Waals surface area contributed by atoms with E-state index in [1.807, 2.05) is 19.9 Å². The van der Waals surface area contributed by atoms with E-state index in [4.69, 9.17) is 7.49 Å². The first-order chi connectivity index (χ1) is 5.49. The van der Waals surface area contributed by atoms with Crippen molar-refractivity contribution in [1.82, 2.24) is 0 Å². The molecule has 0 amide bonds. The van der Waals surface area contributed by atoms with Crippen LogP contribution < -0.4 is 0 Å². The van der Waals surface area contributed by atoms with Crippen LogP contribution in [0.1, 0.15) is 27.7 Å². The molecule has 0 aliphatic heterocycles. The molecule has 0 nitrogen and oxygen atoms in total. The van der Waals surface area contributed by atoms with Crippen molar-refractivity contribution < 1.29 is 0 Å². The van der Waals surface area contributed by atoms with E-state index in [9.17, 15) is 0 Å². The third kappa shape index (κ3) is 3.52. The first-order valence-corrected chi connectivity index (χ1v) is 4.06. The van der Waals surface area contributed by atoms with E-state index >= 15 is 0 Å². The SMILES string of the molecule is [B]=C(C)/C(C=C(C)C)=C(\C)C=C. The van der Waals surface area contributed by atoms with Crippen molar-refractivity contribution in [1.29, 1.82) is 0 Å². The first-order valence-electron chi connectivity index (χ1n) is 4.06. The maximum absolute atomic E-state index is 5.73. The monoisotopic (exact) mass is 159 g/mol. The number of rotatable bonds is 3. The Hall–Kier alpha value is -0.845. The quantitative estimate of drug-likeness (QED) is 0.438. The molecule has 0 atom stereocenters. The first kappa shape index (κ1) is 11.2. The van der Waals surface area contributed by atoms with E-state index < -0.39 is 0 Å². The van der Waals surface area contributed by atoms with Crippen molar-refractivity contribution in [2.24, 2.45) is 0 Å². The zero-order valence-electron chi connectivity index (χ0n) is 8.44. The summed E-state index contributed by atoms with van der Waals surface area (Å²) in [6.45, 7) is 11.7. The Kier molecular flexibility index (Phi) is 4.57. The summed E-state index contributed by atoms with van der Waals surface area (Å²) >= 11 is 0. The third-order valence-electron chi connectivity index (χ3n) is 1.59. The summed E-state index contributed by atoms with van der Waals surface area (Å²) in [4.78, 5) is 0. The van der Waals surface area contributed by atoms with Crippen LogP contribution in [-0.2, 0) is 0 Å². The van der Waals surface area contributed by atoms with Crippen LogP contribution in [0.15, 0.2) is 35.5 Å². The van der Waals surface area contributed by atoms with E-state index in [1.165, 1.54) is 5.57 Å². The molecule has 0 unspecified atom stereocenters. The second-order valence-corrected chi connectivity index (χ2v) is 3.21. The Bertz CT molecular complexity index is 250. The molecule has 0 spiro atoms. The van der Waals surface area contributed by atoms with Gasteiger partial charge in [-0.3, -0.25) is 0 Å². The van der Waals surface area contributed by atoms with Gasteiger partial charge in [0.15, 0.2) is 0 Å². The van der Waals surface area contributed by atoms with Crippen LogP contribution in [0.5, 0.6) is 0 Å². The fourth-order valence-electron chi connectivity index (χ4n) is 0.937. The topological polar surface area (TPSA) is 0 Å². The summed E-state index contributed by atoms with van der Waals surface area (Å²) < 4.78 is 0. The van der Waals surface area contributed by atoms with Gasteiger partial charge in [-0.1, -0.05) is 0 Å². The average Bonchev–Trinajstić information content (AvgIpc) is 1.98. The second-order valence-electron chi connectivity index (χ2n) is 3.21. The molecule has 0 N–H and O–H groups in total. The van der Waals surface area contributed by atoms with Crippen molar-refractivity contribution >= 4 is 13.0 Å². The molecule has 63 valence electrons. The third-order valence-corrected chi connectivity index (χ3v) is 1.59. The summed E-state index contributed by atoms with van der Waals surface area (Å²) in [6.07, 6.45) is 3.90. The van der Waals surface area contributed by atoms with Gasteiger partial charge in [0.05, 0.1) is 0 Å². The van der Waals surface area contributed by atoms with Gasteiger partial charge in [-0.15, -0.1) is 0 Å². The predicted molar refractivity (Wildman–Crippen MR) is 58.8 cm³/mol. The molecule has 0 aromatic heterocycles. The van der Waals surface area contributed by atoms with Crippen LogP contribution in [-0.4, -0.2) is 13.0 Å². The van der Waals surface area contributed by atoms with Gasteiger partial charge < -0.3 is 0 Å². The minimum absolute atomic E-state index is 0.841. The van der Waals surface area contributed by atoms with Crippen LogP contribution in [0.3, 0.4) is 0 Å². The summed E-state index contributed by atoms with van der Waals surface area (Å²) in [7, 11) is 5.73. The fourth-order valence-corrected chi connectivity index (χ4v) is 0.937. The van der Waals surface area contributed by atoms with Gasteiger partial charge >= 0.3 is 76.1 Å².